The van der Waals surface area contributed by atoms with Crippen LogP contribution < -0.4 is 14.8 Å². The first-order valence-electron chi connectivity index (χ1n) is 6.16. The van der Waals surface area contributed by atoms with E-state index in [-0.39, 0.29) is 12.0 Å². The molecule has 0 bridgehead atoms. The molecule has 1 N–H and O–H groups in total. The molecule has 1 amide bonds. The smallest absolute Gasteiger partial charge is 0.251 e. The van der Waals surface area contributed by atoms with Gasteiger partial charge in [0, 0.05) is 12.6 Å². The third kappa shape index (κ3) is 2.75. The first-order valence-corrected chi connectivity index (χ1v) is 6.16. The molecule has 0 unspecified atom stereocenters. The maximum Gasteiger partial charge on any atom is 0.251 e. The Morgan fingerprint density at radius 1 is 1.33 bits per heavy atom. The highest BCUT2D eigenvalue weighted by atomic mass is 16.5. The molecule has 1 aromatic rings. The van der Waals surface area contributed by atoms with E-state index in [9.17, 15) is 4.79 Å². The molecular formula is C14H18NO3. The van der Waals surface area contributed by atoms with Crippen molar-refractivity contribution in [1.82, 2.24) is 5.32 Å². The summed E-state index contributed by atoms with van der Waals surface area (Å²) in [7, 11) is 4.96. The Bertz CT molecular complexity index is 425. The summed E-state index contributed by atoms with van der Waals surface area (Å²) in [6.45, 7) is 0. The predicted molar refractivity (Wildman–Crippen MR) is 68.7 cm³/mol. The fourth-order valence-corrected chi connectivity index (χ4v) is 2.20. The predicted octanol–water partition coefficient (Wildman–Crippen LogP) is 2.54. The molecule has 4 heteroatoms. The van der Waals surface area contributed by atoms with Gasteiger partial charge >= 0.3 is 0 Å². The maximum atomic E-state index is 11.5. The summed E-state index contributed by atoms with van der Waals surface area (Å²) in [6.07, 6.45) is 4.76. The summed E-state index contributed by atoms with van der Waals surface area (Å²) in [4.78, 5) is 11.5. The number of amides is 1. The zero-order valence-corrected chi connectivity index (χ0v) is 10.6. The van der Waals surface area contributed by atoms with Crippen LogP contribution in [0.5, 0.6) is 11.5 Å². The molecule has 0 spiro atoms. The molecular weight excluding hydrogens is 230 g/mol. The Hall–Kier alpha value is -1.71. The molecule has 2 rings (SSSR count). The average molecular weight is 248 g/mol. The molecule has 1 fully saturated rings. The second kappa shape index (κ2) is 5.76. The summed E-state index contributed by atoms with van der Waals surface area (Å²) in [5, 5.41) is 2.35. The lowest BCUT2D eigenvalue weighted by Crippen LogP contribution is -2.16. The van der Waals surface area contributed by atoms with Crippen molar-refractivity contribution in [3.63, 3.8) is 0 Å². The van der Waals surface area contributed by atoms with Crippen LogP contribution in [0, 0.1) is 7.05 Å². The normalized spacial score (nSPS) is 15.4. The van der Waals surface area contributed by atoms with Crippen LogP contribution in [0.25, 0.3) is 0 Å². The minimum atomic E-state index is -0.228. The van der Waals surface area contributed by atoms with Crippen LogP contribution in [0.1, 0.15) is 36.0 Å². The van der Waals surface area contributed by atoms with Gasteiger partial charge in [0.1, 0.15) is 0 Å². The lowest BCUT2D eigenvalue weighted by Gasteiger charge is -2.16. The molecule has 18 heavy (non-hydrogen) atoms. The maximum absolute atomic E-state index is 11.5. The van der Waals surface area contributed by atoms with Gasteiger partial charge in [-0.15, -0.1) is 0 Å². The van der Waals surface area contributed by atoms with Crippen molar-refractivity contribution in [2.75, 3.05) is 7.11 Å². The molecule has 0 aliphatic heterocycles. The number of benzene rings is 1. The van der Waals surface area contributed by atoms with Gasteiger partial charge in [0.05, 0.1) is 13.2 Å². The molecule has 0 saturated heterocycles. The number of methoxy groups -OCH3 is 1. The molecule has 1 aliphatic carbocycles. The third-order valence-corrected chi connectivity index (χ3v) is 3.18. The van der Waals surface area contributed by atoms with Crippen molar-refractivity contribution in [2.45, 2.75) is 31.8 Å². The van der Waals surface area contributed by atoms with E-state index in [0.29, 0.717) is 17.1 Å². The quantitative estimate of drug-likeness (QED) is 0.890. The monoisotopic (exact) mass is 248 g/mol. The van der Waals surface area contributed by atoms with E-state index in [0.717, 1.165) is 12.8 Å². The molecule has 1 saturated carbocycles. The molecule has 0 aromatic heterocycles. The topological polar surface area (TPSA) is 47.6 Å². The standard InChI is InChI=1S/C14H18NO3/c1-15-14(16)10-7-8-12(17-2)13(9-10)18-11-5-3-4-6-11/h7-9,11H,1,3-6H2,2H3,(H,15,16). The number of hydrogen-bond acceptors (Lipinski definition) is 3. The number of rotatable bonds is 4. The highest BCUT2D eigenvalue weighted by Gasteiger charge is 2.19. The van der Waals surface area contributed by atoms with E-state index in [1.54, 1.807) is 25.3 Å². The second-order valence-electron chi connectivity index (χ2n) is 4.40. The van der Waals surface area contributed by atoms with Gasteiger partial charge in [-0.2, -0.15) is 0 Å². The van der Waals surface area contributed by atoms with Gasteiger partial charge in [0.15, 0.2) is 11.5 Å². The number of nitrogens with one attached hydrogen (secondary N) is 1. The lowest BCUT2D eigenvalue weighted by atomic mass is 10.2. The summed E-state index contributed by atoms with van der Waals surface area (Å²) in [6, 6.07) is 5.15. The van der Waals surface area contributed by atoms with Gasteiger partial charge in [-0.1, -0.05) is 0 Å². The van der Waals surface area contributed by atoms with E-state index in [1.165, 1.54) is 12.8 Å². The molecule has 1 aliphatic rings. The zero-order valence-electron chi connectivity index (χ0n) is 10.6. The van der Waals surface area contributed by atoms with E-state index < -0.39 is 0 Å². The van der Waals surface area contributed by atoms with Gasteiger partial charge < -0.3 is 14.8 Å². The zero-order chi connectivity index (χ0) is 13.0. The minimum Gasteiger partial charge on any atom is -0.493 e. The number of carbonyl (C=O) groups is 1. The van der Waals surface area contributed by atoms with Crippen molar-refractivity contribution in [2.24, 2.45) is 0 Å². The Labute approximate surface area is 107 Å². The SMILES string of the molecule is [CH2]NC(=O)c1ccc(OC)c(OC2CCCC2)c1. The van der Waals surface area contributed by atoms with Crippen LogP contribution in [0.2, 0.25) is 0 Å². The Kier molecular flexibility index (Phi) is 4.07. The van der Waals surface area contributed by atoms with Crippen LogP contribution in [0.15, 0.2) is 18.2 Å². The van der Waals surface area contributed by atoms with Crippen molar-refractivity contribution in [3.8, 4) is 11.5 Å². The van der Waals surface area contributed by atoms with Gasteiger partial charge in [0.25, 0.3) is 5.91 Å². The van der Waals surface area contributed by atoms with Crippen LogP contribution in [-0.2, 0) is 0 Å². The summed E-state index contributed by atoms with van der Waals surface area (Å²) >= 11 is 0. The highest BCUT2D eigenvalue weighted by molar-refractivity contribution is 5.94. The van der Waals surface area contributed by atoms with Gasteiger partial charge in [-0.3, -0.25) is 4.79 Å². The van der Waals surface area contributed by atoms with E-state index >= 15 is 0 Å². The first-order chi connectivity index (χ1) is 8.74. The summed E-state index contributed by atoms with van der Waals surface area (Å²) in [5.41, 5.74) is 0.527. The molecule has 0 heterocycles. The fraction of sp³-hybridized carbons (Fsp3) is 0.429. The van der Waals surface area contributed by atoms with Crippen molar-refractivity contribution >= 4 is 5.91 Å². The Morgan fingerprint density at radius 3 is 2.67 bits per heavy atom. The highest BCUT2D eigenvalue weighted by Crippen LogP contribution is 2.32. The van der Waals surface area contributed by atoms with Crippen molar-refractivity contribution in [1.29, 1.82) is 0 Å². The van der Waals surface area contributed by atoms with Crippen LogP contribution in [0.4, 0.5) is 0 Å². The molecule has 0 atom stereocenters. The molecule has 1 radical (unpaired) electrons. The second-order valence-corrected chi connectivity index (χ2v) is 4.40. The van der Waals surface area contributed by atoms with Crippen LogP contribution in [0.3, 0.4) is 0 Å². The minimum absolute atomic E-state index is 0.228. The Balaban J connectivity index is 2.21. The fourth-order valence-electron chi connectivity index (χ4n) is 2.20. The van der Waals surface area contributed by atoms with E-state index in [4.69, 9.17) is 9.47 Å². The summed E-state index contributed by atoms with van der Waals surface area (Å²) in [5.74, 6) is 1.06. The number of ether oxygens (including phenoxy) is 2. The third-order valence-electron chi connectivity index (χ3n) is 3.18. The van der Waals surface area contributed by atoms with Gasteiger partial charge in [-0.05, 0) is 43.9 Å². The van der Waals surface area contributed by atoms with Crippen molar-refractivity contribution in [3.05, 3.63) is 30.8 Å². The number of hydrogen-bond donors (Lipinski definition) is 1. The largest absolute Gasteiger partial charge is 0.493 e. The van der Waals surface area contributed by atoms with E-state index in [2.05, 4.69) is 12.4 Å². The molecule has 1 aromatic carbocycles. The lowest BCUT2D eigenvalue weighted by molar-refractivity contribution is 0.0968. The number of carbonyl (C=O) groups excluding carboxylic acids is 1. The molecule has 4 nitrogen and oxygen atoms in total. The van der Waals surface area contributed by atoms with Gasteiger partial charge in [-0.25, -0.2) is 0 Å². The van der Waals surface area contributed by atoms with Crippen LogP contribution >= 0.6 is 0 Å². The average Bonchev–Trinajstić information content (AvgIpc) is 2.90. The van der Waals surface area contributed by atoms with Gasteiger partial charge in [0.2, 0.25) is 0 Å². The van der Waals surface area contributed by atoms with Crippen molar-refractivity contribution < 1.29 is 14.3 Å². The Morgan fingerprint density at radius 2 is 2.06 bits per heavy atom. The summed E-state index contributed by atoms with van der Waals surface area (Å²) < 4.78 is 11.2. The molecule has 97 valence electrons. The van der Waals surface area contributed by atoms with Crippen LogP contribution in [-0.4, -0.2) is 19.1 Å². The van der Waals surface area contributed by atoms with E-state index in [1.807, 2.05) is 0 Å². The first kappa shape index (κ1) is 12.7.